The molecule has 0 aliphatic carbocycles. The molecule has 1 heterocycles. The molecule has 0 saturated carbocycles. The zero-order chi connectivity index (χ0) is 12.5. The maximum absolute atomic E-state index is 5.78. The summed E-state index contributed by atoms with van der Waals surface area (Å²) in [6.45, 7) is 6.10. The number of hydrogen-bond donors (Lipinski definition) is 2. The predicted octanol–water partition coefficient (Wildman–Crippen LogP) is 2.15. The molecule has 17 heavy (non-hydrogen) atoms. The van der Waals surface area contributed by atoms with Crippen molar-refractivity contribution in [2.24, 2.45) is 5.73 Å². The molecule has 1 aromatic carbocycles. The van der Waals surface area contributed by atoms with E-state index >= 15 is 0 Å². The zero-order valence-corrected chi connectivity index (χ0v) is 10.4. The number of nitrogens with zero attached hydrogens (tertiary/aromatic N) is 2. The monoisotopic (exact) mass is 230 g/mol. The van der Waals surface area contributed by atoms with Crippen molar-refractivity contribution in [1.29, 1.82) is 0 Å². The van der Waals surface area contributed by atoms with Crippen LogP contribution >= 0.6 is 0 Å². The Balaban J connectivity index is 2.37. The van der Waals surface area contributed by atoms with Crippen LogP contribution in [0.15, 0.2) is 30.3 Å². The summed E-state index contributed by atoms with van der Waals surface area (Å²) in [6.07, 6.45) is 0. The van der Waals surface area contributed by atoms with Crippen LogP contribution in [0.25, 0.3) is 0 Å². The summed E-state index contributed by atoms with van der Waals surface area (Å²) in [5, 5.41) is 7.16. The third kappa shape index (κ3) is 2.22. The SMILES string of the molecule is CC(N)c1nc(C(C)(C)c2ccccc2)n[nH]1. The third-order valence-corrected chi connectivity index (χ3v) is 2.99. The van der Waals surface area contributed by atoms with Crippen molar-refractivity contribution in [3.05, 3.63) is 47.5 Å². The van der Waals surface area contributed by atoms with Gasteiger partial charge in [0.2, 0.25) is 0 Å². The predicted molar refractivity (Wildman–Crippen MR) is 67.6 cm³/mol. The Hall–Kier alpha value is -1.68. The second kappa shape index (κ2) is 4.30. The highest BCUT2D eigenvalue weighted by atomic mass is 15.2. The highest BCUT2D eigenvalue weighted by Crippen LogP contribution is 2.28. The quantitative estimate of drug-likeness (QED) is 0.849. The minimum absolute atomic E-state index is 0.122. The topological polar surface area (TPSA) is 67.6 Å². The molecule has 1 aromatic heterocycles. The Labute approximate surface area is 101 Å². The van der Waals surface area contributed by atoms with E-state index in [0.29, 0.717) is 0 Å². The van der Waals surface area contributed by atoms with Crippen LogP contribution < -0.4 is 5.73 Å². The minimum atomic E-state index is -0.217. The first-order valence-corrected chi connectivity index (χ1v) is 5.75. The number of hydrogen-bond acceptors (Lipinski definition) is 3. The van der Waals surface area contributed by atoms with Gasteiger partial charge in [0.25, 0.3) is 0 Å². The van der Waals surface area contributed by atoms with Crippen molar-refractivity contribution in [2.45, 2.75) is 32.2 Å². The third-order valence-electron chi connectivity index (χ3n) is 2.99. The largest absolute Gasteiger partial charge is 0.322 e. The number of rotatable bonds is 3. The number of aromatic amines is 1. The van der Waals surface area contributed by atoms with Crippen LogP contribution in [0.1, 0.15) is 44.0 Å². The summed E-state index contributed by atoms with van der Waals surface area (Å²) >= 11 is 0. The highest BCUT2D eigenvalue weighted by Gasteiger charge is 2.27. The summed E-state index contributed by atoms with van der Waals surface area (Å²) in [6, 6.07) is 10.1. The fourth-order valence-corrected chi connectivity index (χ4v) is 1.74. The smallest absolute Gasteiger partial charge is 0.160 e. The first-order valence-electron chi connectivity index (χ1n) is 5.75. The summed E-state index contributed by atoms with van der Waals surface area (Å²) in [4.78, 5) is 4.47. The maximum atomic E-state index is 5.78. The number of nitrogens with one attached hydrogen (secondary N) is 1. The molecular weight excluding hydrogens is 212 g/mol. The average molecular weight is 230 g/mol. The summed E-state index contributed by atoms with van der Waals surface area (Å²) in [5.41, 5.74) is 6.75. The lowest BCUT2D eigenvalue weighted by molar-refractivity contribution is 0.592. The Morgan fingerprint density at radius 1 is 1.24 bits per heavy atom. The van der Waals surface area contributed by atoms with Crippen molar-refractivity contribution in [3.8, 4) is 0 Å². The molecule has 0 aliphatic heterocycles. The van der Waals surface area contributed by atoms with Crippen LogP contribution in [-0.2, 0) is 5.41 Å². The van der Waals surface area contributed by atoms with Gasteiger partial charge in [-0.1, -0.05) is 30.3 Å². The molecule has 1 atom stereocenters. The van der Waals surface area contributed by atoms with Gasteiger partial charge >= 0.3 is 0 Å². The number of aromatic nitrogens is 3. The highest BCUT2D eigenvalue weighted by molar-refractivity contribution is 5.30. The minimum Gasteiger partial charge on any atom is -0.322 e. The van der Waals surface area contributed by atoms with Gasteiger partial charge in [-0.15, -0.1) is 0 Å². The van der Waals surface area contributed by atoms with Crippen molar-refractivity contribution < 1.29 is 0 Å². The van der Waals surface area contributed by atoms with Gasteiger partial charge in [-0.2, -0.15) is 5.10 Å². The Bertz CT molecular complexity index is 485. The van der Waals surface area contributed by atoms with Crippen molar-refractivity contribution in [2.75, 3.05) is 0 Å². The van der Waals surface area contributed by atoms with E-state index < -0.39 is 0 Å². The molecule has 0 aliphatic rings. The zero-order valence-electron chi connectivity index (χ0n) is 10.4. The van der Waals surface area contributed by atoms with E-state index in [4.69, 9.17) is 5.73 Å². The van der Waals surface area contributed by atoms with Gasteiger partial charge in [0.1, 0.15) is 5.82 Å². The van der Waals surface area contributed by atoms with Crippen LogP contribution in [0.2, 0.25) is 0 Å². The van der Waals surface area contributed by atoms with Gasteiger partial charge in [0.05, 0.1) is 11.5 Å². The van der Waals surface area contributed by atoms with Gasteiger partial charge in [0.15, 0.2) is 5.82 Å². The summed E-state index contributed by atoms with van der Waals surface area (Å²) in [5.74, 6) is 1.50. The summed E-state index contributed by atoms with van der Waals surface area (Å²) in [7, 11) is 0. The van der Waals surface area contributed by atoms with E-state index in [1.54, 1.807) is 0 Å². The fourth-order valence-electron chi connectivity index (χ4n) is 1.74. The van der Waals surface area contributed by atoms with Crippen LogP contribution in [-0.4, -0.2) is 15.2 Å². The van der Waals surface area contributed by atoms with Crippen LogP contribution in [0, 0.1) is 0 Å². The fraction of sp³-hybridized carbons (Fsp3) is 0.385. The molecule has 90 valence electrons. The average Bonchev–Trinajstić information content (AvgIpc) is 2.80. The Morgan fingerprint density at radius 2 is 1.88 bits per heavy atom. The van der Waals surface area contributed by atoms with E-state index in [0.717, 1.165) is 11.6 Å². The number of nitrogens with two attached hydrogens (primary N) is 1. The molecule has 3 N–H and O–H groups in total. The summed E-state index contributed by atoms with van der Waals surface area (Å²) < 4.78 is 0. The second-order valence-corrected chi connectivity index (χ2v) is 4.82. The van der Waals surface area contributed by atoms with Gasteiger partial charge in [-0.3, -0.25) is 5.10 Å². The van der Waals surface area contributed by atoms with Crippen LogP contribution in [0.5, 0.6) is 0 Å². The van der Waals surface area contributed by atoms with Gasteiger partial charge in [-0.25, -0.2) is 4.98 Å². The Kier molecular flexibility index (Phi) is 2.98. The van der Waals surface area contributed by atoms with Gasteiger partial charge in [-0.05, 0) is 26.3 Å². The molecule has 0 amide bonds. The van der Waals surface area contributed by atoms with Crippen molar-refractivity contribution in [3.63, 3.8) is 0 Å². The molecule has 2 rings (SSSR count). The molecule has 2 aromatic rings. The molecule has 4 nitrogen and oxygen atoms in total. The van der Waals surface area contributed by atoms with E-state index in [1.807, 2.05) is 25.1 Å². The second-order valence-electron chi connectivity index (χ2n) is 4.82. The number of benzene rings is 1. The first-order chi connectivity index (χ1) is 8.01. The first kappa shape index (κ1) is 11.8. The molecule has 0 radical (unpaired) electrons. The lowest BCUT2D eigenvalue weighted by Crippen LogP contribution is -2.21. The van der Waals surface area contributed by atoms with E-state index in [1.165, 1.54) is 5.56 Å². The van der Waals surface area contributed by atoms with Gasteiger partial charge in [0, 0.05) is 0 Å². The lowest BCUT2D eigenvalue weighted by Gasteiger charge is -2.21. The molecular formula is C13H18N4. The van der Waals surface area contributed by atoms with Crippen molar-refractivity contribution in [1.82, 2.24) is 15.2 Å². The normalized spacial score (nSPS) is 13.6. The Morgan fingerprint density at radius 3 is 2.41 bits per heavy atom. The van der Waals surface area contributed by atoms with Crippen LogP contribution in [0.4, 0.5) is 0 Å². The molecule has 1 unspecified atom stereocenters. The standard InChI is InChI=1S/C13H18N4/c1-9(14)11-15-12(17-16-11)13(2,3)10-7-5-4-6-8-10/h4-9H,14H2,1-3H3,(H,15,16,17). The molecule has 4 heteroatoms. The number of H-pyrrole nitrogens is 1. The van der Waals surface area contributed by atoms with Crippen molar-refractivity contribution >= 4 is 0 Å². The lowest BCUT2D eigenvalue weighted by atomic mass is 9.84. The molecule has 0 saturated heterocycles. The van der Waals surface area contributed by atoms with E-state index in [9.17, 15) is 0 Å². The van der Waals surface area contributed by atoms with E-state index in [2.05, 4.69) is 41.2 Å². The molecule has 0 fully saturated rings. The van der Waals surface area contributed by atoms with Gasteiger partial charge < -0.3 is 5.73 Å². The molecule has 0 spiro atoms. The van der Waals surface area contributed by atoms with E-state index in [-0.39, 0.29) is 11.5 Å². The molecule has 0 bridgehead atoms. The maximum Gasteiger partial charge on any atom is 0.160 e. The van der Waals surface area contributed by atoms with Crippen LogP contribution in [0.3, 0.4) is 0 Å².